The van der Waals surface area contributed by atoms with Crippen LogP contribution in [0.25, 0.3) is 0 Å². The van der Waals surface area contributed by atoms with Gasteiger partial charge in [0, 0.05) is 26.8 Å². The van der Waals surface area contributed by atoms with Crippen molar-refractivity contribution in [2.24, 2.45) is 0 Å². The van der Waals surface area contributed by atoms with Crippen molar-refractivity contribution >= 4 is 11.9 Å². The number of carbonyl (C=O) groups is 2. The summed E-state index contributed by atoms with van der Waals surface area (Å²) >= 11 is 0. The van der Waals surface area contributed by atoms with Gasteiger partial charge in [-0.1, -0.05) is 0 Å². The monoisotopic (exact) mass is 286 g/mol. The van der Waals surface area contributed by atoms with Crippen molar-refractivity contribution in [3.8, 4) is 0 Å². The highest BCUT2D eigenvalue weighted by Crippen LogP contribution is 2.30. The smallest absolute Gasteiger partial charge is 0.323 e. The number of carboxylic acids is 1. The van der Waals surface area contributed by atoms with Gasteiger partial charge in [0.2, 0.25) is 5.91 Å². The number of rotatable bonds is 7. The van der Waals surface area contributed by atoms with Crippen LogP contribution in [0.3, 0.4) is 0 Å². The number of nitrogens with one attached hydrogen (secondary N) is 1. The molecule has 1 fully saturated rings. The number of carboxylic acid groups (broad SMARTS) is 1. The Morgan fingerprint density at radius 3 is 2.75 bits per heavy atom. The third-order valence-corrected chi connectivity index (χ3v) is 4.08. The lowest BCUT2D eigenvalue weighted by molar-refractivity contribution is -0.156. The zero-order valence-electron chi connectivity index (χ0n) is 12.6. The lowest BCUT2D eigenvalue weighted by atomic mass is 9.87. The molecule has 0 radical (unpaired) electrons. The standard InChI is InChI=1S/C14H26N2O4/c1-11(12(17)15-8-6-10-20-3)16-9-5-4-7-14(16,2)13(18)19/h11H,4-10H2,1-3H3,(H,15,17)(H,18,19). The minimum Gasteiger partial charge on any atom is -0.480 e. The summed E-state index contributed by atoms with van der Waals surface area (Å²) in [6.07, 6.45) is 3.17. The molecule has 0 aliphatic carbocycles. The maximum atomic E-state index is 12.1. The minimum absolute atomic E-state index is 0.115. The van der Waals surface area contributed by atoms with Gasteiger partial charge >= 0.3 is 5.97 Å². The van der Waals surface area contributed by atoms with Gasteiger partial charge in [0.25, 0.3) is 0 Å². The number of likely N-dealkylation sites (tertiary alicyclic amines) is 1. The van der Waals surface area contributed by atoms with Gasteiger partial charge in [0.05, 0.1) is 6.04 Å². The third-order valence-electron chi connectivity index (χ3n) is 4.08. The Morgan fingerprint density at radius 2 is 2.15 bits per heavy atom. The summed E-state index contributed by atoms with van der Waals surface area (Å²) in [4.78, 5) is 25.5. The molecule has 6 heteroatoms. The predicted molar refractivity (Wildman–Crippen MR) is 75.6 cm³/mol. The van der Waals surface area contributed by atoms with Gasteiger partial charge in [0.15, 0.2) is 0 Å². The van der Waals surface area contributed by atoms with Crippen LogP contribution in [0.1, 0.15) is 39.5 Å². The Balaban J connectivity index is 2.61. The molecule has 0 bridgehead atoms. The van der Waals surface area contributed by atoms with E-state index < -0.39 is 17.6 Å². The number of ether oxygens (including phenoxy) is 1. The summed E-state index contributed by atoms with van der Waals surface area (Å²) in [6, 6.07) is -0.432. The number of carbonyl (C=O) groups excluding carboxylic acids is 1. The predicted octanol–water partition coefficient (Wildman–Crippen LogP) is 0.857. The average Bonchev–Trinajstić information content (AvgIpc) is 2.43. The Labute approximate surface area is 120 Å². The fourth-order valence-electron chi connectivity index (χ4n) is 2.71. The van der Waals surface area contributed by atoms with Gasteiger partial charge in [-0.05, 0) is 39.5 Å². The lowest BCUT2D eigenvalue weighted by Crippen LogP contribution is -2.61. The topological polar surface area (TPSA) is 78.9 Å². The van der Waals surface area contributed by atoms with Crippen molar-refractivity contribution in [3.63, 3.8) is 0 Å². The van der Waals surface area contributed by atoms with E-state index in [0.29, 0.717) is 26.1 Å². The molecule has 1 heterocycles. The van der Waals surface area contributed by atoms with E-state index in [1.165, 1.54) is 0 Å². The fourth-order valence-corrected chi connectivity index (χ4v) is 2.71. The number of hydrogen-bond donors (Lipinski definition) is 2. The highest BCUT2D eigenvalue weighted by atomic mass is 16.5. The molecule has 1 aliphatic heterocycles. The minimum atomic E-state index is -0.943. The van der Waals surface area contributed by atoms with Crippen molar-refractivity contribution in [2.75, 3.05) is 26.8 Å². The summed E-state index contributed by atoms with van der Waals surface area (Å²) in [7, 11) is 1.62. The third kappa shape index (κ3) is 3.93. The molecule has 0 aromatic heterocycles. The van der Waals surface area contributed by atoms with Crippen molar-refractivity contribution < 1.29 is 19.4 Å². The normalized spacial score (nSPS) is 25.1. The van der Waals surface area contributed by atoms with Crippen LogP contribution in [0, 0.1) is 0 Å². The van der Waals surface area contributed by atoms with Gasteiger partial charge in [-0.2, -0.15) is 0 Å². The SMILES string of the molecule is COCCCNC(=O)C(C)N1CCCCC1(C)C(=O)O. The van der Waals surface area contributed by atoms with E-state index in [9.17, 15) is 14.7 Å². The van der Waals surface area contributed by atoms with Gasteiger partial charge < -0.3 is 15.2 Å². The van der Waals surface area contributed by atoms with E-state index in [1.807, 2.05) is 4.90 Å². The zero-order valence-corrected chi connectivity index (χ0v) is 12.6. The summed E-state index contributed by atoms with van der Waals surface area (Å²) < 4.78 is 4.93. The van der Waals surface area contributed by atoms with Crippen LogP contribution in [-0.4, -0.2) is 60.3 Å². The van der Waals surface area contributed by atoms with Gasteiger partial charge in [0.1, 0.15) is 5.54 Å². The summed E-state index contributed by atoms with van der Waals surface area (Å²) in [5, 5.41) is 12.3. The van der Waals surface area contributed by atoms with Crippen LogP contribution in [0.2, 0.25) is 0 Å². The molecule has 116 valence electrons. The summed E-state index contributed by atoms with van der Waals surface area (Å²) in [5.41, 5.74) is -0.943. The molecule has 1 saturated heterocycles. The lowest BCUT2D eigenvalue weighted by Gasteiger charge is -2.44. The molecular weight excluding hydrogens is 260 g/mol. The number of amides is 1. The quantitative estimate of drug-likeness (QED) is 0.679. The van der Waals surface area contributed by atoms with E-state index in [1.54, 1.807) is 21.0 Å². The van der Waals surface area contributed by atoms with Gasteiger partial charge in [-0.15, -0.1) is 0 Å². The van der Waals surface area contributed by atoms with Crippen LogP contribution in [-0.2, 0) is 14.3 Å². The first kappa shape index (κ1) is 16.9. The van der Waals surface area contributed by atoms with Gasteiger partial charge in [-0.3, -0.25) is 14.5 Å². The Hall–Kier alpha value is -1.14. The van der Waals surface area contributed by atoms with Crippen LogP contribution in [0.15, 0.2) is 0 Å². The molecule has 2 unspecified atom stereocenters. The highest BCUT2D eigenvalue weighted by Gasteiger charge is 2.44. The molecule has 0 aromatic rings. The van der Waals surface area contributed by atoms with Gasteiger partial charge in [-0.25, -0.2) is 0 Å². The summed E-state index contributed by atoms with van der Waals surface area (Å²) in [5.74, 6) is -0.966. The number of hydrogen-bond acceptors (Lipinski definition) is 4. The molecule has 6 nitrogen and oxygen atoms in total. The first-order valence-electron chi connectivity index (χ1n) is 7.20. The van der Waals surface area contributed by atoms with E-state index in [2.05, 4.69) is 5.32 Å². The summed E-state index contributed by atoms with van der Waals surface area (Å²) in [6.45, 7) is 5.29. The van der Waals surface area contributed by atoms with Crippen molar-refractivity contribution in [1.29, 1.82) is 0 Å². The molecule has 20 heavy (non-hydrogen) atoms. The van der Waals surface area contributed by atoms with E-state index in [-0.39, 0.29) is 5.91 Å². The van der Waals surface area contributed by atoms with Crippen LogP contribution < -0.4 is 5.32 Å². The van der Waals surface area contributed by atoms with Crippen molar-refractivity contribution in [1.82, 2.24) is 10.2 Å². The maximum absolute atomic E-state index is 12.1. The van der Waals surface area contributed by atoms with E-state index in [4.69, 9.17) is 4.74 Å². The molecule has 0 saturated carbocycles. The molecule has 1 rings (SSSR count). The largest absolute Gasteiger partial charge is 0.480 e. The Kier molecular flexibility index (Phi) is 6.42. The maximum Gasteiger partial charge on any atom is 0.323 e. The van der Waals surface area contributed by atoms with E-state index >= 15 is 0 Å². The first-order valence-corrected chi connectivity index (χ1v) is 7.20. The fraction of sp³-hybridized carbons (Fsp3) is 0.857. The second-order valence-corrected chi connectivity index (χ2v) is 5.54. The van der Waals surface area contributed by atoms with Crippen LogP contribution in [0.4, 0.5) is 0 Å². The molecule has 0 spiro atoms. The Bertz CT molecular complexity index is 348. The van der Waals surface area contributed by atoms with E-state index in [0.717, 1.165) is 19.3 Å². The molecule has 1 aliphatic rings. The number of nitrogens with zero attached hydrogens (tertiary/aromatic N) is 1. The van der Waals surface area contributed by atoms with Crippen molar-refractivity contribution in [2.45, 2.75) is 51.1 Å². The van der Waals surface area contributed by atoms with Crippen molar-refractivity contribution in [3.05, 3.63) is 0 Å². The second-order valence-electron chi connectivity index (χ2n) is 5.54. The average molecular weight is 286 g/mol. The first-order chi connectivity index (χ1) is 9.43. The van der Waals surface area contributed by atoms with Crippen LogP contribution in [0.5, 0.6) is 0 Å². The molecule has 2 atom stereocenters. The zero-order chi connectivity index (χ0) is 15.2. The second kappa shape index (κ2) is 7.59. The van der Waals surface area contributed by atoms with Crippen LogP contribution >= 0.6 is 0 Å². The molecule has 0 aromatic carbocycles. The number of aliphatic carboxylic acids is 1. The molecule has 1 amide bonds. The molecular formula is C14H26N2O4. The Morgan fingerprint density at radius 1 is 1.45 bits per heavy atom. The number of methoxy groups -OCH3 is 1. The number of piperidine rings is 1. The molecule has 2 N–H and O–H groups in total. The highest BCUT2D eigenvalue weighted by molar-refractivity contribution is 5.84.